The molecule has 4 aromatic rings. The summed E-state index contributed by atoms with van der Waals surface area (Å²) < 4.78 is 0. The summed E-state index contributed by atoms with van der Waals surface area (Å²) in [5.41, 5.74) is 7.83. The standard InChI is InChI=1S/C31H26ClN3O2/c1-18(34-35-31(37)26-16-20-7-2-3-8-21(20)17-29(26)36)19-13-14-28-25(15-19)22-10-6-11-23(22)30(33-28)24-9-4-5-12-27(24)32/h2-10,12-17,22-23,30,33,36H,11H2,1H3,(H,35,37)/b34-18-/t22-,23+,30-/m1/s1. The van der Waals surface area contributed by atoms with Gasteiger partial charge in [-0.3, -0.25) is 4.79 Å². The van der Waals surface area contributed by atoms with Crippen molar-refractivity contribution >= 4 is 39.7 Å². The topological polar surface area (TPSA) is 73.7 Å². The Kier molecular flexibility index (Phi) is 5.93. The van der Waals surface area contributed by atoms with Crippen molar-refractivity contribution in [1.29, 1.82) is 0 Å². The third-order valence-electron chi connectivity index (χ3n) is 7.45. The molecule has 0 fully saturated rings. The molecule has 1 aliphatic carbocycles. The van der Waals surface area contributed by atoms with Gasteiger partial charge in [0.1, 0.15) is 5.75 Å². The van der Waals surface area contributed by atoms with Crippen LogP contribution >= 0.6 is 11.6 Å². The molecule has 1 amide bonds. The number of allylic oxidation sites excluding steroid dienone is 2. The summed E-state index contributed by atoms with van der Waals surface area (Å²) in [6.07, 6.45) is 5.52. The largest absolute Gasteiger partial charge is 0.507 e. The minimum absolute atomic E-state index is 0.0731. The van der Waals surface area contributed by atoms with Gasteiger partial charge in [-0.1, -0.05) is 72.3 Å². The molecule has 184 valence electrons. The Labute approximate surface area is 220 Å². The van der Waals surface area contributed by atoms with Crippen molar-refractivity contribution in [1.82, 2.24) is 5.43 Å². The third kappa shape index (κ3) is 4.25. The average Bonchev–Trinajstić information content (AvgIpc) is 3.41. The summed E-state index contributed by atoms with van der Waals surface area (Å²) >= 11 is 6.56. The number of anilines is 1. The number of benzene rings is 4. The summed E-state index contributed by atoms with van der Waals surface area (Å²) in [6, 6.07) is 25.3. The number of hydrogen-bond acceptors (Lipinski definition) is 4. The van der Waals surface area contributed by atoms with E-state index in [4.69, 9.17) is 11.6 Å². The number of rotatable bonds is 4. The molecule has 6 rings (SSSR count). The van der Waals surface area contributed by atoms with Crippen molar-refractivity contribution in [2.75, 3.05) is 5.32 Å². The number of phenols is 1. The van der Waals surface area contributed by atoms with Gasteiger partial charge in [-0.05, 0) is 77.1 Å². The first-order valence-electron chi connectivity index (χ1n) is 12.4. The molecule has 0 unspecified atom stereocenters. The number of carbonyl (C=O) groups excluding carboxylic acids is 1. The van der Waals surface area contributed by atoms with Gasteiger partial charge in [0.05, 0.1) is 17.3 Å². The zero-order valence-electron chi connectivity index (χ0n) is 20.3. The molecule has 37 heavy (non-hydrogen) atoms. The van der Waals surface area contributed by atoms with Gasteiger partial charge < -0.3 is 10.4 Å². The highest BCUT2D eigenvalue weighted by atomic mass is 35.5. The monoisotopic (exact) mass is 507 g/mol. The van der Waals surface area contributed by atoms with Crippen molar-refractivity contribution < 1.29 is 9.90 Å². The van der Waals surface area contributed by atoms with Crippen molar-refractivity contribution in [2.45, 2.75) is 25.3 Å². The Hall–Kier alpha value is -4.09. The molecule has 0 bridgehead atoms. The van der Waals surface area contributed by atoms with Crippen LogP contribution in [-0.2, 0) is 0 Å². The van der Waals surface area contributed by atoms with Gasteiger partial charge in [0, 0.05) is 16.6 Å². The van der Waals surface area contributed by atoms with Crippen LogP contribution in [-0.4, -0.2) is 16.7 Å². The number of nitrogens with one attached hydrogen (secondary N) is 2. The smallest absolute Gasteiger partial charge is 0.275 e. The molecule has 1 aliphatic heterocycles. The quantitative estimate of drug-likeness (QED) is 0.155. The van der Waals surface area contributed by atoms with Gasteiger partial charge in [-0.2, -0.15) is 5.10 Å². The number of phenolic OH excluding ortho intramolecular Hbond substituents is 1. The van der Waals surface area contributed by atoms with Gasteiger partial charge in [-0.25, -0.2) is 5.43 Å². The molecule has 0 saturated heterocycles. The lowest BCUT2D eigenvalue weighted by atomic mass is 9.76. The Morgan fingerprint density at radius 3 is 2.57 bits per heavy atom. The molecule has 3 N–H and O–H groups in total. The molecule has 5 nitrogen and oxygen atoms in total. The summed E-state index contributed by atoms with van der Waals surface area (Å²) in [4.78, 5) is 12.8. The van der Waals surface area contributed by atoms with E-state index in [2.05, 4.69) is 46.2 Å². The maximum atomic E-state index is 12.8. The van der Waals surface area contributed by atoms with Crippen LogP contribution in [0.2, 0.25) is 5.02 Å². The summed E-state index contributed by atoms with van der Waals surface area (Å²) in [6.45, 7) is 1.87. The van der Waals surface area contributed by atoms with E-state index in [-0.39, 0.29) is 23.3 Å². The van der Waals surface area contributed by atoms with E-state index >= 15 is 0 Å². The van der Waals surface area contributed by atoms with Gasteiger partial charge in [-0.15, -0.1) is 0 Å². The van der Waals surface area contributed by atoms with E-state index in [0.717, 1.165) is 39.0 Å². The second-order valence-electron chi connectivity index (χ2n) is 9.65. The average molecular weight is 508 g/mol. The lowest BCUT2D eigenvalue weighted by Gasteiger charge is -2.38. The number of hydrogen-bond donors (Lipinski definition) is 3. The van der Waals surface area contributed by atoms with Crippen LogP contribution in [0, 0.1) is 5.92 Å². The molecule has 2 aliphatic rings. The molecule has 0 aromatic heterocycles. The lowest BCUT2D eigenvalue weighted by Crippen LogP contribution is -2.29. The van der Waals surface area contributed by atoms with Crippen molar-refractivity contribution in [3.63, 3.8) is 0 Å². The van der Waals surface area contributed by atoms with Crippen molar-refractivity contribution in [2.24, 2.45) is 11.0 Å². The fourth-order valence-electron chi connectivity index (χ4n) is 5.52. The van der Waals surface area contributed by atoms with E-state index in [1.807, 2.05) is 55.5 Å². The SMILES string of the molecule is C/C(=N/NC(=O)c1cc2ccccc2cc1O)c1ccc2c(c1)[C@@H]1C=CC[C@@H]1[C@H](c1ccccc1Cl)N2. The second kappa shape index (κ2) is 9.41. The highest BCUT2D eigenvalue weighted by Gasteiger charge is 2.38. The summed E-state index contributed by atoms with van der Waals surface area (Å²) in [7, 11) is 0. The fraction of sp³-hybridized carbons (Fsp3) is 0.161. The summed E-state index contributed by atoms with van der Waals surface area (Å²) in [5, 5.41) is 21.0. The molecule has 0 saturated carbocycles. The van der Waals surface area contributed by atoms with E-state index < -0.39 is 5.91 Å². The van der Waals surface area contributed by atoms with E-state index in [1.165, 1.54) is 5.56 Å². The van der Waals surface area contributed by atoms with Crippen LogP contribution in [0.1, 0.15) is 52.4 Å². The Balaban J connectivity index is 1.26. The minimum Gasteiger partial charge on any atom is -0.507 e. The molecule has 3 atom stereocenters. The first kappa shape index (κ1) is 23.3. The number of carbonyl (C=O) groups is 1. The first-order valence-corrected chi connectivity index (χ1v) is 12.8. The van der Waals surface area contributed by atoms with Gasteiger partial charge in [0.25, 0.3) is 5.91 Å². The fourth-order valence-corrected chi connectivity index (χ4v) is 5.78. The number of hydrazone groups is 1. The zero-order chi connectivity index (χ0) is 25.5. The van der Waals surface area contributed by atoms with Crippen molar-refractivity contribution in [3.05, 3.63) is 118 Å². The van der Waals surface area contributed by atoms with E-state index in [9.17, 15) is 9.90 Å². The molecular formula is C31H26ClN3O2. The predicted octanol–water partition coefficient (Wildman–Crippen LogP) is 7.18. The van der Waals surface area contributed by atoms with Gasteiger partial charge in [0.15, 0.2) is 0 Å². The molecule has 0 radical (unpaired) electrons. The Morgan fingerprint density at radius 1 is 1.00 bits per heavy atom. The van der Waals surface area contributed by atoms with Crippen LogP contribution in [0.15, 0.2) is 96.1 Å². The molecule has 4 aromatic carbocycles. The number of aromatic hydroxyl groups is 1. The number of amides is 1. The predicted molar refractivity (Wildman–Crippen MR) is 150 cm³/mol. The molecule has 1 heterocycles. The molecular weight excluding hydrogens is 482 g/mol. The number of halogens is 1. The number of nitrogens with zero attached hydrogens (tertiary/aromatic N) is 1. The van der Waals surface area contributed by atoms with Gasteiger partial charge in [0.2, 0.25) is 0 Å². The highest BCUT2D eigenvalue weighted by molar-refractivity contribution is 6.31. The van der Waals surface area contributed by atoms with Gasteiger partial charge >= 0.3 is 0 Å². The maximum absolute atomic E-state index is 12.8. The zero-order valence-corrected chi connectivity index (χ0v) is 21.0. The van der Waals surface area contributed by atoms with E-state index in [1.54, 1.807) is 12.1 Å². The first-order chi connectivity index (χ1) is 18.0. The van der Waals surface area contributed by atoms with Crippen LogP contribution in [0.25, 0.3) is 10.8 Å². The molecule has 6 heteroatoms. The van der Waals surface area contributed by atoms with Crippen molar-refractivity contribution in [3.8, 4) is 5.75 Å². The maximum Gasteiger partial charge on any atom is 0.275 e. The Morgan fingerprint density at radius 2 is 1.76 bits per heavy atom. The normalized spacial score (nSPS) is 20.3. The van der Waals surface area contributed by atoms with E-state index in [0.29, 0.717) is 11.6 Å². The summed E-state index contributed by atoms with van der Waals surface area (Å²) in [5.74, 6) is 0.115. The van der Waals surface area contributed by atoms with Crippen LogP contribution in [0.4, 0.5) is 5.69 Å². The second-order valence-corrected chi connectivity index (χ2v) is 10.1. The third-order valence-corrected chi connectivity index (χ3v) is 7.80. The van der Waals surface area contributed by atoms with Crippen LogP contribution < -0.4 is 10.7 Å². The number of fused-ring (bicyclic) bond motifs is 4. The Bertz CT molecular complexity index is 1590. The minimum atomic E-state index is -0.455. The van der Waals surface area contributed by atoms with Crippen LogP contribution in [0.5, 0.6) is 5.75 Å². The van der Waals surface area contributed by atoms with Crippen LogP contribution in [0.3, 0.4) is 0 Å². The highest BCUT2D eigenvalue weighted by Crippen LogP contribution is 2.50. The molecule has 0 spiro atoms. The lowest BCUT2D eigenvalue weighted by molar-refractivity contribution is 0.0952.